The fraction of sp³-hybridized carbons (Fsp3) is 0.600. The van der Waals surface area contributed by atoms with Crippen molar-refractivity contribution >= 4 is 11.6 Å². The Morgan fingerprint density at radius 3 is 2.82 bits per heavy atom. The van der Waals surface area contributed by atoms with Crippen molar-refractivity contribution in [2.24, 2.45) is 5.41 Å². The molecule has 0 bridgehead atoms. The third-order valence-corrected chi connectivity index (χ3v) is 4.15. The van der Waals surface area contributed by atoms with Crippen LogP contribution in [0.15, 0.2) is 18.2 Å². The van der Waals surface area contributed by atoms with Crippen molar-refractivity contribution in [3.8, 4) is 0 Å². The molecule has 94 valence electrons. The second-order valence-corrected chi connectivity index (χ2v) is 6.35. The van der Waals surface area contributed by atoms with E-state index in [1.165, 1.54) is 11.1 Å². The minimum absolute atomic E-state index is 0.274. The van der Waals surface area contributed by atoms with E-state index >= 15 is 0 Å². The van der Waals surface area contributed by atoms with Gasteiger partial charge < -0.3 is 5.32 Å². The smallest absolute Gasteiger partial charge is 0.0409 e. The van der Waals surface area contributed by atoms with E-state index in [-0.39, 0.29) is 5.41 Å². The van der Waals surface area contributed by atoms with Crippen LogP contribution in [0, 0.1) is 5.41 Å². The van der Waals surface area contributed by atoms with E-state index in [9.17, 15) is 0 Å². The van der Waals surface area contributed by atoms with E-state index in [4.69, 9.17) is 11.6 Å². The highest BCUT2D eigenvalue weighted by molar-refractivity contribution is 6.30. The standard InChI is InChI=1S/C15H22ClN/c1-5-10(2)17-14-13-8-12(16)7-6-11(13)9-15(14,3)4/h6-8,10,14,17H,5,9H2,1-4H3. The van der Waals surface area contributed by atoms with Crippen LogP contribution in [0.25, 0.3) is 0 Å². The normalized spacial score (nSPS) is 23.5. The molecular formula is C15H22ClN. The van der Waals surface area contributed by atoms with E-state index in [0.717, 1.165) is 17.9 Å². The van der Waals surface area contributed by atoms with Gasteiger partial charge in [-0.3, -0.25) is 0 Å². The average Bonchev–Trinajstić information content (AvgIpc) is 2.50. The number of fused-ring (bicyclic) bond motifs is 1. The molecule has 0 aliphatic heterocycles. The predicted molar refractivity (Wildman–Crippen MR) is 74.6 cm³/mol. The number of halogens is 1. The summed E-state index contributed by atoms with van der Waals surface area (Å²) in [7, 11) is 0. The van der Waals surface area contributed by atoms with Gasteiger partial charge in [-0.2, -0.15) is 0 Å². The zero-order chi connectivity index (χ0) is 12.6. The van der Waals surface area contributed by atoms with Crippen molar-refractivity contribution in [2.75, 3.05) is 0 Å². The van der Waals surface area contributed by atoms with Crippen molar-refractivity contribution in [3.05, 3.63) is 34.3 Å². The van der Waals surface area contributed by atoms with Crippen molar-refractivity contribution in [1.82, 2.24) is 5.32 Å². The van der Waals surface area contributed by atoms with Crippen LogP contribution in [0.3, 0.4) is 0 Å². The maximum atomic E-state index is 6.12. The van der Waals surface area contributed by atoms with E-state index in [1.54, 1.807) is 0 Å². The number of nitrogens with one attached hydrogen (secondary N) is 1. The lowest BCUT2D eigenvalue weighted by Gasteiger charge is -2.31. The highest BCUT2D eigenvalue weighted by Gasteiger charge is 2.39. The fourth-order valence-electron chi connectivity index (χ4n) is 2.73. The largest absolute Gasteiger partial charge is 0.307 e. The summed E-state index contributed by atoms with van der Waals surface area (Å²) in [5.74, 6) is 0. The van der Waals surface area contributed by atoms with Crippen LogP contribution in [0.4, 0.5) is 0 Å². The second-order valence-electron chi connectivity index (χ2n) is 5.92. The third kappa shape index (κ3) is 2.51. The quantitative estimate of drug-likeness (QED) is 0.842. The molecule has 1 aromatic carbocycles. The summed E-state index contributed by atoms with van der Waals surface area (Å²) in [5, 5.41) is 4.59. The van der Waals surface area contributed by atoms with E-state index < -0.39 is 0 Å². The molecule has 1 aromatic rings. The molecule has 1 aliphatic rings. The van der Waals surface area contributed by atoms with Gasteiger partial charge in [0.1, 0.15) is 0 Å². The van der Waals surface area contributed by atoms with Crippen LogP contribution >= 0.6 is 11.6 Å². The molecule has 0 radical (unpaired) electrons. The molecule has 0 saturated carbocycles. The van der Waals surface area contributed by atoms with Gasteiger partial charge in [0, 0.05) is 17.1 Å². The minimum atomic E-state index is 0.274. The van der Waals surface area contributed by atoms with Crippen LogP contribution in [0.1, 0.15) is 51.3 Å². The van der Waals surface area contributed by atoms with Crippen molar-refractivity contribution < 1.29 is 0 Å². The lowest BCUT2D eigenvalue weighted by Crippen LogP contribution is -2.36. The lowest BCUT2D eigenvalue weighted by molar-refractivity contribution is 0.250. The number of hydrogen-bond acceptors (Lipinski definition) is 1. The zero-order valence-corrected chi connectivity index (χ0v) is 11.9. The molecule has 17 heavy (non-hydrogen) atoms. The molecule has 2 rings (SSSR count). The Morgan fingerprint density at radius 2 is 2.18 bits per heavy atom. The molecule has 1 nitrogen and oxygen atoms in total. The van der Waals surface area contributed by atoms with Gasteiger partial charge in [0.25, 0.3) is 0 Å². The van der Waals surface area contributed by atoms with Gasteiger partial charge in [-0.05, 0) is 48.4 Å². The van der Waals surface area contributed by atoms with Gasteiger partial charge in [0.05, 0.1) is 0 Å². The average molecular weight is 252 g/mol. The van der Waals surface area contributed by atoms with Crippen LogP contribution in [0.2, 0.25) is 5.02 Å². The van der Waals surface area contributed by atoms with E-state index in [1.807, 2.05) is 6.07 Å². The van der Waals surface area contributed by atoms with Gasteiger partial charge in [-0.15, -0.1) is 0 Å². The Balaban J connectivity index is 2.33. The molecule has 0 amide bonds. The second kappa shape index (κ2) is 4.62. The minimum Gasteiger partial charge on any atom is -0.307 e. The van der Waals surface area contributed by atoms with E-state index in [2.05, 4.69) is 45.1 Å². The third-order valence-electron chi connectivity index (χ3n) is 3.91. The summed E-state index contributed by atoms with van der Waals surface area (Å²) >= 11 is 6.12. The highest BCUT2D eigenvalue weighted by Crippen LogP contribution is 2.46. The van der Waals surface area contributed by atoms with Crippen molar-refractivity contribution in [1.29, 1.82) is 0 Å². The van der Waals surface area contributed by atoms with Crippen LogP contribution in [-0.2, 0) is 6.42 Å². The Morgan fingerprint density at radius 1 is 1.47 bits per heavy atom. The SMILES string of the molecule is CCC(C)NC1c2cc(Cl)ccc2CC1(C)C. The van der Waals surface area contributed by atoms with Gasteiger partial charge in [-0.1, -0.05) is 38.4 Å². The number of benzene rings is 1. The lowest BCUT2D eigenvalue weighted by atomic mass is 9.85. The maximum absolute atomic E-state index is 6.12. The number of rotatable bonds is 3. The maximum Gasteiger partial charge on any atom is 0.0409 e. The number of hydrogen-bond donors (Lipinski definition) is 1. The Bertz CT molecular complexity index is 411. The summed E-state index contributed by atoms with van der Waals surface area (Å²) in [6.07, 6.45) is 2.29. The van der Waals surface area contributed by atoms with Crippen LogP contribution in [-0.4, -0.2) is 6.04 Å². The zero-order valence-electron chi connectivity index (χ0n) is 11.2. The van der Waals surface area contributed by atoms with Crippen LogP contribution in [0.5, 0.6) is 0 Å². The first-order valence-corrected chi connectivity index (χ1v) is 6.86. The molecule has 0 fully saturated rings. The Kier molecular flexibility index (Phi) is 3.51. The van der Waals surface area contributed by atoms with Gasteiger partial charge in [0.15, 0.2) is 0 Å². The summed E-state index contributed by atoms with van der Waals surface area (Å²) in [6, 6.07) is 7.28. The molecule has 2 heteroatoms. The first kappa shape index (κ1) is 12.9. The van der Waals surface area contributed by atoms with Gasteiger partial charge >= 0.3 is 0 Å². The molecule has 1 N–H and O–H groups in total. The van der Waals surface area contributed by atoms with Crippen molar-refractivity contribution in [2.45, 2.75) is 52.6 Å². The Hall–Kier alpha value is -0.530. The monoisotopic (exact) mass is 251 g/mol. The molecule has 0 aromatic heterocycles. The predicted octanol–water partition coefficient (Wildman–Crippen LogP) is 4.35. The first-order valence-electron chi connectivity index (χ1n) is 6.48. The Labute approximate surface area is 110 Å². The highest BCUT2D eigenvalue weighted by atomic mass is 35.5. The molecule has 0 spiro atoms. The van der Waals surface area contributed by atoms with E-state index in [0.29, 0.717) is 12.1 Å². The van der Waals surface area contributed by atoms with Crippen LogP contribution < -0.4 is 5.32 Å². The summed E-state index contributed by atoms with van der Waals surface area (Å²) in [4.78, 5) is 0. The topological polar surface area (TPSA) is 12.0 Å². The van der Waals surface area contributed by atoms with Crippen molar-refractivity contribution in [3.63, 3.8) is 0 Å². The van der Waals surface area contributed by atoms with Gasteiger partial charge in [-0.25, -0.2) is 0 Å². The summed E-state index contributed by atoms with van der Waals surface area (Å²) < 4.78 is 0. The molecule has 1 aliphatic carbocycles. The molecule has 2 atom stereocenters. The summed E-state index contributed by atoms with van der Waals surface area (Å²) in [5.41, 5.74) is 3.11. The fourth-order valence-corrected chi connectivity index (χ4v) is 2.91. The first-order chi connectivity index (χ1) is 7.94. The molecular weight excluding hydrogens is 230 g/mol. The molecule has 0 heterocycles. The molecule has 2 unspecified atom stereocenters. The summed E-state index contributed by atoms with van der Waals surface area (Å²) in [6.45, 7) is 9.14. The van der Waals surface area contributed by atoms with Gasteiger partial charge in [0.2, 0.25) is 0 Å². The molecule has 0 saturated heterocycles.